The van der Waals surface area contributed by atoms with Gasteiger partial charge in [0.05, 0.1) is 6.42 Å². The van der Waals surface area contributed by atoms with Crippen molar-refractivity contribution < 1.29 is 24.5 Å². The zero-order chi connectivity index (χ0) is 15.4. The number of aromatic carboxylic acids is 1. The van der Waals surface area contributed by atoms with E-state index >= 15 is 0 Å². The summed E-state index contributed by atoms with van der Waals surface area (Å²) < 4.78 is 5.61. The van der Waals surface area contributed by atoms with Crippen molar-refractivity contribution in [3.63, 3.8) is 0 Å². The molecule has 0 aliphatic heterocycles. The van der Waals surface area contributed by atoms with Crippen LogP contribution in [0.3, 0.4) is 0 Å². The number of aliphatic carboxylic acids is 1. The summed E-state index contributed by atoms with van der Waals surface area (Å²) in [5.41, 5.74) is 1.33. The van der Waals surface area contributed by atoms with Gasteiger partial charge in [-0.2, -0.15) is 0 Å². The summed E-state index contributed by atoms with van der Waals surface area (Å²) in [5.74, 6) is -1.55. The van der Waals surface area contributed by atoms with Gasteiger partial charge in [0.25, 0.3) is 0 Å². The predicted octanol–water partition coefficient (Wildman–Crippen LogP) is 3.11. The van der Waals surface area contributed by atoms with Gasteiger partial charge in [0.15, 0.2) is 0 Å². The van der Waals surface area contributed by atoms with Crippen molar-refractivity contribution in [2.24, 2.45) is 0 Å². The van der Waals surface area contributed by atoms with Gasteiger partial charge in [0.2, 0.25) is 0 Å². The van der Waals surface area contributed by atoms with Gasteiger partial charge in [-0.25, -0.2) is 4.79 Å². The lowest BCUT2D eigenvalue weighted by atomic mass is 10.1. The van der Waals surface area contributed by atoms with Gasteiger partial charge >= 0.3 is 11.9 Å². The molecule has 108 valence electrons. The second-order valence-corrected chi connectivity index (χ2v) is 4.59. The van der Waals surface area contributed by atoms with Crippen LogP contribution in [0.25, 0.3) is 0 Å². The first-order chi connectivity index (χ1) is 9.97. The number of carboxylic acid groups (broad SMARTS) is 2. The van der Waals surface area contributed by atoms with E-state index in [1.165, 1.54) is 6.07 Å². The van der Waals surface area contributed by atoms with Crippen molar-refractivity contribution in [1.29, 1.82) is 0 Å². The fourth-order valence-electron chi connectivity index (χ4n) is 1.93. The maximum atomic E-state index is 11.3. The second-order valence-electron chi connectivity index (χ2n) is 4.59. The Kier molecular flexibility index (Phi) is 4.23. The number of carboxylic acids is 2. The molecular formula is C16H14O5. The van der Waals surface area contributed by atoms with Crippen LogP contribution >= 0.6 is 0 Å². The molecule has 0 aliphatic rings. The summed E-state index contributed by atoms with van der Waals surface area (Å²) in [7, 11) is 0. The first-order valence-corrected chi connectivity index (χ1v) is 6.29. The minimum absolute atomic E-state index is 0.0418. The molecule has 0 atom stereocenters. The molecule has 0 bridgehead atoms. The van der Waals surface area contributed by atoms with E-state index in [9.17, 15) is 14.7 Å². The highest BCUT2D eigenvalue weighted by molar-refractivity contribution is 5.91. The van der Waals surface area contributed by atoms with Crippen LogP contribution in [0.4, 0.5) is 0 Å². The third-order valence-electron chi connectivity index (χ3n) is 2.90. The predicted molar refractivity (Wildman–Crippen MR) is 76.0 cm³/mol. The van der Waals surface area contributed by atoms with E-state index in [4.69, 9.17) is 9.84 Å². The molecule has 5 heteroatoms. The number of ether oxygens (including phenoxy) is 1. The van der Waals surface area contributed by atoms with Crippen LogP contribution in [-0.2, 0) is 11.2 Å². The second kappa shape index (κ2) is 6.09. The Hall–Kier alpha value is -2.82. The summed E-state index contributed by atoms with van der Waals surface area (Å²) in [6.45, 7) is 1.79. The number of carbonyl (C=O) groups is 2. The van der Waals surface area contributed by atoms with Crippen molar-refractivity contribution >= 4 is 11.9 Å². The monoisotopic (exact) mass is 286 g/mol. The number of aryl methyl sites for hydroxylation is 1. The molecule has 0 fully saturated rings. The molecule has 2 aromatic rings. The minimum Gasteiger partial charge on any atom is -0.481 e. The zero-order valence-electron chi connectivity index (χ0n) is 11.4. The molecule has 0 saturated carbocycles. The molecule has 0 amide bonds. The normalized spacial score (nSPS) is 10.1. The third-order valence-corrected chi connectivity index (χ3v) is 2.90. The summed E-state index contributed by atoms with van der Waals surface area (Å²) in [5, 5.41) is 18.1. The van der Waals surface area contributed by atoms with Gasteiger partial charge in [-0.3, -0.25) is 4.79 Å². The molecule has 5 nitrogen and oxygen atoms in total. The van der Waals surface area contributed by atoms with E-state index in [2.05, 4.69) is 0 Å². The van der Waals surface area contributed by atoms with Crippen molar-refractivity contribution in [2.45, 2.75) is 13.3 Å². The summed E-state index contributed by atoms with van der Waals surface area (Å²) in [6.07, 6.45) is -0.190. The van der Waals surface area contributed by atoms with E-state index in [1.54, 1.807) is 43.3 Å². The molecule has 0 saturated heterocycles. The number of hydrogen-bond donors (Lipinski definition) is 2. The van der Waals surface area contributed by atoms with Gasteiger partial charge in [0.1, 0.15) is 17.1 Å². The number of rotatable bonds is 5. The van der Waals surface area contributed by atoms with E-state index < -0.39 is 11.9 Å². The summed E-state index contributed by atoms with van der Waals surface area (Å²) >= 11 is 0. The summed E-state index contributed by atoms with van der Waals surface area (Å²) in [4.78, 5) is 22.1. The van der Waals surface area contributed by atoms with Gasteiger partial charge in [-0.05, 0) is 25.1 Å². The van der Waals surface area contributed by atoms with Crippen LogP contribution in [0.15, 0.2) is 42.5 Å². The lowest BCUT2D eigenvalue weighted by Gasteiger charge is -2.12. The third kappa shape index (κ3) is 3.60. The van der Waals surface area contributed by atoms with Gasteiger partial charge in [-0.1, -0.05) is 29.8 Å². The van der Waals surface area contributed by atoms with Crippen molar-refractivity contribution in [1.82, 2.24) is 0 Å². The maximum Gasteiger partial charge on any atom is 0.339 e. The fourth-order valence-corrected chi connectivity index (χ4v) is 1.93. The number of hydrogen-bond acceptors (Lipinski definition) is 3. The molecule has 0 radical (unpaired) electrons. The van der Waals surface area contributed by atoms with Gasteiger partial charge in [-0.15, -0.1) is 0 Å². The quantitative estimate of drug-likeness (QED) is 0.882. The molecule has 0 aromatic heterocycles. The standard InChI is InChI=1S/C16H14O5/c1-10-6-7-14(12(8-10)16(19)20)21-13-5-3-2-4-11(13)9-15(17)18/h2-8H,9H2,1H3,(H,17,18)(H,19,20). The molecular weight excluding hydrogens is 272 g/mol. The van der Waals surface area contributed by atoms with Crippen LogP contribution in [0, 0.1) is 6.92 Å². The SMILES string of the molecule is Cc1ccc(Oc2ccccc2CC(=O)O)c(C(=O)O)c1. The average molecular weight is 286 g/mol. The Morgan fingerprint density at radius 2 is 1.76 bits per heavy atom. The van der Waals surface area contributed by atoms with Gasteiger partial charge < -0.3 is 14.9 Å². The fraction of sp³-hybridized carbons (Fsp3) is 0.125. The van der Waals surface area contributed by atoms with E-state index in [1.807, 2.05) is 0 Å². The molecule has 0 spiro atoms. The molecule has 2 rings (SSSR count). The Labute approximate surface area is 121 Å². The van der Waals surface area contributed by atoms with Crippen molar-refractivity contribution in [3.05, 3.63) is 59.2 Å². The first-order valence-electron chi connectivity index (χ1n) is 6.29. The Bertz CT molecular complexity index is 691. The van der Waals surface area contributed by atoms with Crippen LogP contribution in [0.1, 0.15) is 21.5 Å². The molecule has 0 heterocycles. The molecule has 0 unspecified atom stereocenters. The molecule has 21 heavy (non-hydrogen) atoms. The highest BCUT2D eigenvalue weighted by atomic mass is 16.5. The van der Waals surface area contributed by atoms with Crippen LogP contribution in [0.5, 0.6) is 11.5 Å². The van der Waals surface area contributed by atoms with E-state index in [-0.39, 0.29) is 17.7 Å². The van der Waals surface area contributed by atoms with Crippen LogP contribution in [-0.4, -0.2) is 22.2 Å². The highest BCUT2D eigenvalue weighted by Crippen LogP contribution is 2.29. The first kappa shape index (κ1) is 14.6. The zero-order valence-corrected chi connectivity index (χ0v) is 11.4. The number of para-hydroxylation sites is 1. The van der Waals surface area contributed by atoms with Crippen LogP contribution in [0.2, 0.25) is 0 Å². The molecule has 2 N–H and O–H groups in total. The smallest absolute Gasteiger partial charge is 0.339 e. The Balaban J connectivity index is 2.39. The number of benzene rings is 2. The topological polar surface area (TPSA) is 83.8 Å². The summed E-state index contributed by atoms with van der Waals surface area (Å²) in [6, 6.07) is 11.5. The van der Waals surface area contributed by atoms with E-state index in [0.717, 1.165) is 5.56 Å². The maximum absolute atomic E-state index is 11.3. The molecule has 2 aromatic carbocycles. The van der Waals surface area contributed by atoms with Gasteiger partial charge in [0, 0.05) is 5.56 Å². The largest absolute Gasteiger partial charge is 0.481 e. The Morgan fingerprint density at radius 3 is 2.43 bits per heavy atom. The molecule has 0 aliphatic carbocycles. The average Bonchev–Trinajstić information content (AvgIpc) is 2.42. The Morgan fingerprint density at radius 1 is 1.05 bits per heavy atom. The van der Waals surface area contributed by atoms with Crippen LogP contribution < -0.4 is 4.74 Å². The lowest BCUT2D eigenvalue weighted by molar-refractivity contribution is -0.136. The minimum atomic E-state index is -1.09. The van der Waals surface area contributed by atoms with E-state index in [0.29, 0.717) is 11.3 Å². The highest BCUT2D eigenvalue weighted by Gasteiger charge is 2.14. The van der Waals surface area contributed by atoms with Crippen molar-refractivity contribution in [2.75, 3.05) is 0 Å². The van der Waals surface area contributed by atoms with Crippen molar-refractivity contribution in [3.8, 4) is 11.5 Å². The lowest BCUT2D eigenvalue weighted by Crippen LogP contribution is -2.04.